The molecule has 6 rings (SSSR count). The largest absolute Gasteiger partial charge is 0.486 e. The first-order valence-electron chi connectivity index (χ1n) is 13.7. The van der Waals surface area contributed by atoms with Crippen molar-refractivity contribution in [3.05, 3.63) is 125 Å². The molecule has 0 radical (unpaired) electrons. The van der Waals surface area contributed by atoms with Gasteiger partial charge in [0.1, 0.15) is 23.9 Å². The highest BCUT2D eigenvalue weighted by Crippen LogP contribution is 2.41. The summed E-state index contributed by atoms with van der Waals surface area (Å²) in [6.45, 7) is 1.27. The van der Waals surface area contributed by atoms with E-state index in [0.717, 1.165) is 41.5 Å². The van der Waals surface area contributed by atoms with Crippen molar-refractivity contribution in [3.63, 3.8) is 0 Å². The third kappa shape index (κ3) is 5.50. The zero-order valence-electron chi connectivity index (χ0n) is 22.4. The van der Waals surface area contributed by atoms with E-state index in [2.05, 4.69) is 0 Å². The molecule has 3 aromatic carbocycles. The molecule has 1 aliphatic heterocycles. The number of furan rings is 1. The van der Waals surface area contributed by atoms with Gasteiger partial charge < -0.3 is 19.0 Å². The highest BCUT2D eigenvalue weighted by Gasteiger charge is 2.39. The lowest BCUT2D eigenvalue weighted by Crippen LogP contribution is -2.41. The van der Waals surface area contributed by atoms with E-state index in [1.54, 1.807) is 36.2 Å². The molecule has 1 saturated carbocycles. The van der Waals surface area contributed by atoms with Gasteiger partial charge in [-0.3, -0.25) is 9.59 Å². The van der Waals surface area contributed by atoms with Crippen molar-refractivity contribution in [1.29, 1.82) is 0 Å². The molecular formula is C33H31FN2O4. The average Bonchev–Trinajstić information content (AvgIpc) is 3.73. The quantitative estimate of drug-likeness (QED) is 0.270. The molecule has 6 nitrogen and oxygen atoms in total. The molecule has 2 aliphatic rings. The maximum Gasteiger partial charge on any atom is 0.289 e. The monoisotopic (exact) mass is 538 g/mol. The first kappa shape index (κ1) is 25.9. The predicted molar refractivity (Wildman–Crippen MR) is 148 cm³/mol. The predicted octanol–water partition coefficient (Wildman–Crippen LogP) is 6.15. The summed E-state index contributed by atoms with van der Waals surface area (Å²) < 4.78 is 25.6. The summed E-state index contributed by atoms with van der Waals surface area (Å²) in [5.74, 6) is 1.17. The fourth-order valence-electron chi connectivity index (χ4n) is 5.33. The van der Waals surface area contributed by atoms with E-state index in [0.29, 0.717) is 24.6 Å². The molecule has 1 aromatic heterocycles. The van der Waals surface area contributed by atoms with Crippen LogP contribution < -0.4 is 4.74 Å². The van der Waals surface area contributed by atoms with Crippen LogP contribution in [0.25, 0.3) is 0 Å². The Bertz CT molecular complexity index is 1510. The minimum Gasteiger partial charge on any atom is -0.486 e. The first-order chi connectivity index (χ1) is 19.5. The lowest BCUT2D eigenvalue weighted by Gasteiger charge is -2.38. The number of hydrogen-bond acceptors (Lipinski definition) is 4. The number of halogens is 1. The zero-order valence-corrected chi connectivity index (χ0v) is 22.4. The van der Waals surface area contributed by atoms with E-state index in [9.17, 15) is 14.0 Å². The molecule has 0 bridgehead atoms. The molecule has 2 heterocycles. The number of ether oxygens (including phenoxy) is 1. The molecular weight excluding hydrogens is 507 g/mol. The molecule has 7 heteroatoms. The smallest absolute Gasteiger partial charge is 0.289 e. The van der Waals surface area contributed by atoms with Crippen molar-refractivity contribution in [2.45, 2.75) is 38.5 Å². The number of carbonyl (C=O) groups is 2. The number of carbonyl (C=O) groups excluding carboxylic acids is 2. The highest BCUT2D eigenvalue weighted by atomic mass is 19.1. The summed E-state index contributed by atoms with van der Waals surface area (Å²) >= 11 is 0. The van der Waals surface area contributed by atoms with Crippen LogP contribution in [0.5, 0.6) is 5.75 Å². The second-order valence-corrected chi connectivity index (χ2v) is 10.6. The topological polar surface area (TPSA) is 63.0 Å². The van der Waals surface area contributed by atoms with E-state index in [-0.39, 0.29) is 42.0 Å². The Labute approximate surface area is 233 Å². The summed E-state index contributed by atoms with van der Waals surface area (Å²) in [6, 6.07) is 25.2. The van der Waals surface area contributed by atoms with E-state index in [1.165, 1.54) is 12.1 Å². The normalized spacial score (nSPS) is 16.4. The first-order valence-corrected chi connectivity index (χ1v) is 13.7. The van der Waals surface area contributed by atoms with Gasteiger partial charge in [-0.2, -0.15) is 0 Å². The van der Waals surface area contributed by atoms with Crippen LogP contribution in [0, 0.1) is 11.7 Å². The lowest BCUT2D eigenvalue weighted by atomic mass is 9.87. The maximum absolute atomic E-state index is 13.7. The summed E-state index contributed by atoms with van der Waals surface area (Å²) in [5, 5.41) is 0. The Morgan fingerprint density at radius 3 is 2.52 bits per heavy atom. The van der Waals surface area contributed by atoms with Gasteiger partial charge in [-0.05, 0) is 77.9 Å². The van der Waals surface area contributed by atoms with Crippen LogP contribution >= 0.6 is 0 Å². The number of rotatable bonds is 8. The highest BCUT2D eigenvalue weighted by molar-refractivity contribution is 5.91. The third-order valence-corrected chi connectivity index (χ3v) is 7.60. The van der Waals surface area contributed by atoms with Crippen molar-refractivity contribution < 1.29 is 23.1 Å². The number of fused-ring (bicyclic) bond motifs is 1. The Balaban J connectivity index is 1.18. The van der Waals surface area contributed by atoms with E-state index in [1.807, 2.05) is 53.4 Å². The van der Waals surface area contributed by atoms with Crippen LogP contribution in [0.2, 0.25) is 0 Å². The molecule has 1 aliphatic carbocycles. The molecule has 2 amide bonds. The number of amides is 2. The molecule has 1 atom stereocenters. The number of benzene rings is 3. The summed E-state index contributed by atoms with van der Waals surface area (Å²) in [4.78, 5) is 29.6. The van der Waals surface area contributed by atoms with Gasteiger partial charge in [0.2, 0.25) is 5.91 Å². The molecule has 1 unspecified atom stereocenters. The average molecular weight is 539 g/mol. The van der Waals surface area contributed by atoms with Crippen molar-refractivity contribution in [2.75, 3.05) is 13.6 Å². The van der Waals surface area contributed by atoms with Gasteiger partial charge in [-0.15, -0.1) is 0 Å². The molecule has 4 aromatic rings. The van der Waals surface area contributed by atoms with Crippen molar-refractivity contribution >= 4 is 11.8 Å². The summed E-state index contributed by atoms with van der Waals surface area (Å²) in [7, 11) is 1.75. The van der Waals surface area contributed by atoms with Crippen LogP contribution in [0.15, 0.2) is 89.3 Å². The van der Waals surface area contributed by atoms with E-state index in [4.69, 9.17) is 9.15 Å². The summed E-state index contributed by atoms with van der Waals surface area (Å²) in [6.07, 6.45) is 2.61. The Morgan fingerprint density at radius 1 is 1.00 bits per heavy atom. The van der Waals surface area contributed by atoms with Gasteiger partial charge in [0, 0.05) is 26.1 Å². The van der Waals surface area contributed by atoms with Gasteiger partial charge in [0.15, 0.2) is 5.76 Å². The van der Waals surface area contributed by atoms with E-state index < -0.39 is 0 Å². The zero-order chi connectivity index (χ0) is 27.6. The van der Waals surface area contributed by atoms with E-state index >= 15 is 0 Å². The minimum absolute atomic E-state index is 0.0894. The maximum atomic E-state index is 13.7. The van der Waals surface area contributed by atoms with Crippen molar-refractivity contribution in [1.82, 2.24) is 9.80 Å². The SMILES string of the molecule is CN(Cc1ccccc1)C(=O)c1ccc(COc2ccc3c(c2)C(c2ccc(F)cc2)N(C(=O)C2CC2)CC3)o1. The van der Waals surface area contributed by atoms with Crippen LogP contribution in [0.4, 0.5) is 4.39 Å². The molecule has 40 heavy (non-hydrogen) atoms. The fourth-order valence-corrected chi connectivity index (χ4v) is 5.33. The minimum atomic E-state index is -0.306. The Morgan fingerprint density at radius 2 is 1.77 bits per heavy atom. The van der Waals surface area contributed by atoms with Gasteiger partial charge in [0.25, 0.3) is 5.91 Å². The number of nitrogens with zero attached hydrogens (tertiary/aromatic N) is 2. The summed E-state index contributed by atoms with van der Waals surface area (Å²) in [5.41, 5.74) is 4.05. The second-order valence-electron chi connectivity index (χ2n) is 10.6. The molecule has 0 N–H and O–H groups in total. The molecule has 0 saturated heterocycles. The van der Waals surface area contributed by atoms with Crippen LogP contribution in [-0.2, 0) is 24.4 Å². The van der Waals surface area contributed by atoms with Gasteiger partial charge >= 0.3 is 0 Å². The van der Waals surface area contributed by atoms with Gasteiger partial charge in [-0.1, -0.05) is 48.5 Å². The molecule has 0 spiro atoms. The van der Waals surface area contributed by atoms with Crippen molar-refractivity contribution in [3.8, 4) is 5.75 Å². The number of hydrogen-bond donors (Lipinski definition) is 0. The Hall–Kier alpha value is -4.39. The fraction of sp³-hybridized carbons (Fsp3) is 0.273. The molecule has 1 fully saturated rings. The van der Waals surface area contributed by atoms with Crippen LogP contribution in [-0.4, -0.2) is 35.2 Å². The van der Waals surface area contributed by atoms with Crippen LogP contribution in [0.3, 0.4) is 0 Å². The molecule has 204 valence electrons. The standard InChI is InChI=1S/C33H31FN2O4/c1-35(20-22-5-3-2-4-6-22)33(38)30-16-15-28(40-30)21-39-27-14-11-23-17-18-36(32(37)25-7-8-25)31(29(23)19-27)24-9-12-26(34)13-10-24/h2-6,9-16,19,25,31H,7-8,17-18,20-21H2,1H3. The Kier molecular flexibility index (Phi) is 7.11. The van der Waals surface area contributed by atoms with Gasteiger partial charge in [-0.25, -0.2) is 4.39 Å². The van der Waals surface area contributed by atoms with Crippen molar-refractivity contribution in [2.24, 2.45) is 5.92 Å². The third-order valence-electron chi connectivity index (χ3n) is 7.60. The van der Waals surface area contributed by atoms with Gasteiger partial charge in [0.05, 0.1) is 6.04 Å². The second kappa shape index (κ2) is 11.0. The van der Waals surface area contributed by atoms with Crippen LogP contribution in [0.1, 0.15) is 57.5 Å². The lowest BCUT2D eigenvalue weighted by molar-refractivity contribution is -0.134.